The molecule has 1 aliphatic heterocycles. The van der Waals surface area contributed by atoms with E-state index >= 15 is 0 Å². The third kappa shape index (κ3) is 2.96. The van der Waals surface area contributed by atoms with Gasteiger partial charge >= 0.3 is 0 Å². The molecule has 0 radical (unpaired) electrons. The first-order valence-electron chi connectivity index (χ1n) is 10.1. The van der Waals surface area contributed by atoms with Crippen molar-refractivity contribution in [2.24, 2.45) is 16.7 Å². The molecule has 5 nitrogen and oxygen atoms in total. The summed E-state index contributed by atoms with van der Waals surface area (Å²) < 4.78 is 0. The molecular weight excluding hydrogens is 364 g/mol. The fourth-order valence-corrected chi connectivity index (χ4v) is 4.73. The average Bonchev–Trinajstić information content (AvgIpc) is 2.90. The second kappa shape index (κ2) is 6.83. The fourth-order valence-electron chi connectivity index (χ4n) is 4.73. The van der Waals surface area contributed by atoms with E-state index in [0.29, 0.717) is 24.2 Å². The zero-order valence-electron chi connectivity index (χ0n) is 17.1. The van der Waals surface area contributed by atoms with Gasteiger partial charge in [-0.25, -0.2) is 4.90 Å². The third-order valence-corrected chi connectivity index (χ3v) is 7.08. The number of nitrogens with zero attached hydrogens (tertiary/aromatic N) is 1. The summed E-state index contributed by atoms with van der Waals surface area (Å²) in [6.07, 6.45) is 1.44. The van der Waals surface area contributed by atoms with Crippen molar-refractivity contribution in [3.05, 3.63) is 65.7 Å². The Balaban J connectivity index is 1.58. The van der Waals surface area contributed by atoms with E-state index in [-0.39, 0.29) is 29.1 Å². The van der Waals surface area contributed by atoms with Crippen LogP contribution >= 0.6 is 0 Å². The Hall–Kier alpha value is -2.95. The quantitative estimate of drug-likeness (QED) is 0.805. The molecule has 29 heavy (non-hydrogen) atoms. The van der Waals surface area contributed by atoms with E-state index < -0.39 is 5.41 Å². The molecule has 3 amide bonds. The number of benzene rings is 2. The minimum Gasteiger partial charge on any atom is -0.348 e. The van der Waals surface area contributed by atoms with Crippen LogP contribution in [0.15, 0.2) is 54.6 Å². The summed E-state index contributed by atoms with van der Waals surface area (Å²) in [6.45, 7) is 6.42. The van der Waals surface area contributed by atoms with Gasteiger partial charge in [-0.05, 0) is 42.0 Å². The van der Waals surface area contributed by atoms with Crippen LogP contribution in [0.5, 0.6) is 0 Å². The molecule has 1 saturated heterocycles. The van der Waals surface area contributed by atoms with Crippen molar-refractivity contribution in [3.8, 4) is 0 Å². The van der Waals surface area contributed by atoms with Gasteiger partial charge in [-0.2, -0.15) is 0 Å². The molecular formula is C24H26N2O3. The predicted octanol–water partition coefficient (Wildman–Crippen LogP) is 3.93. The number of piperidine rings is 1. The van der Waals surface area contributed by atoms with Gasteiger partial charge in [0.15, 0.2) is 0 Å². The van der Waals surface area contributed by atoms with Gasteiger partial charge in [0.2, 0.25) is 11.8 Å². The number of amides is 3. The minimum absolute atomic E-state index is 0.156. The number of anilines is 1. The highest BCUT2D eigenvalue weighted by Crippen LogP contribution is 2.60. The molecule has 0 aromatic heterocycles. The van der Waals surface area contributed by atoms with E-state index in [2.05, 4.69) is 5.32 Å². The maximum Gasteiger partial charge on any atom is 0.251 e. The van der Waals surface area contributed by atoms with Crippen LogP contribution in [-0.4, -0.2) is 17.7 Å². The molecule has 1 saturated carbocycles. The van der Waals surface area contributed by atoms with Crippen LogP contribution in [0.1, 0.15) is 49.5 Å². The number of nitrogens with one attached hydrogen (secondary N) is 1. The van der Waals surface area contributed by atoms with Crippen LogP contribution < -0.4 is 10.2 Å². The zero-order chi connectivity index (χ0) is 20.8. The van der Waals surface area contributed by atoms with E-state index in [1.165, 1.54) is 4.90 Å². The predicted molar refractivity (Wildman–Crippen MR) is 111 cm³/mol. The Morgan fingerprint density at radius 1 is 1.07 bits per heavy atom. The summed E-state index contributed by atoms with van der Waals surface area (Å²) in [4.78, 5) is 40.4. The van der Waals surface area contributed by atoms with Gasteiger partial charge in [0.1, 0.15) is 0 Å². The van der Waals surface area contributed by atoms with E-state index in [4.69, 9.17) is 0 Å². The SMILES string of the molecule is CC1(C)[C@H]2CC[C@]1(C)C(=O)N(c1cccc(C(=O)NCc3ccccc3)c1)C2=O. The number of imide groups is 1. The van der Waals surface area contributed by atoms with Crippen molar-refractivity contribution in [2.75, 3.05) is 4.90 Å². The Morgan fingerprint density at radius 2 is 1.79 bits per heavy atom. The van der Waals surface area contributed by atoms with Gasteiger partial charge < -0.3 is 5.32 Å². The van der Waals surface area contributed by atoms with Crippen LogP contribution in [0.3, 0.4) is 0 Å². The second-order valence-corrected chi connectivity index (χ2v) is 8.84. The molecule has 2 bridgehead atoms. The zero-order valence-corrected chi connectivity index (χ0v) is 17.1. The number of rotatable bonds is 4. The second-order valence-electron chi connectivity index (χ2n) is 8.84. The Bertz CT molecular complexity index is 983. The smallest absolute Gasteiger partial charge is 0.251 e. The lowest BCUT2D eigenvalue weighted by atomic mass is 9.62. The Kier molecular flexibility index (Phi) is 4.56. The van der Waals surface area contributed by atoms with Crippen molar-refractivity contribution >= 4 is 23.4 Å². The summed E-state index contributed by atoms with van der Waals surface area (Å²) in [7, 11) is 0. The lowest BCUT2D eigenvalue weighted by Gasteiger charge is -2.47. The van der Waals surface area contributed by atoms with E-state index in [0.717, 1.165) is 12.0 Å². The first-order chi connectivity index (χ1) is 13.8. The highest BCUT2D eigenvalue weighted by atomic mass is 16.2. The van der Waals surface area contributed by atoms with Crippen molar-refractivity contribution < 1.29 is 14.4 Å². The highest BCUT2D eigenvalue weighted by molar-refractivity contribution is 6.20. The Morgan fingerprint density at radius 3 is 2.52 bits per heavy atom. The van der Waals surface area contributed by atoms with Gasteiger partial charge in [0.25, 0.3) is 5.91 Å². The number of carbonyl (C=O) groups is 3. The molecule has 2 atom stereocenters. The van der Waals surface area contributed by atoms with Crippen LogP contribution in [0.2, 0.25) is 0 Å². The first kappa shape index (κ1) is 19.4. The number of hydrogen-bond acceptors (Lipinski definition) is 3. The summed E-state index contributed by atoms with van der Waals surface area (Å²) in [5, 5.41) is 2.89. The van der Waals surface area contributed by atoms with Gasteiger partial charge in [0, 0.05) is 18.0 Å². The molecule has 0 unspecified atom stereocenters. The molecule has 1 N–H and O–H groups in total. The summed E-state index contributed by atoms with van der Waals surface area (Å²) >= 11 is 0. The molecule has 4 rings (SSSR count). The maximum atomic E-state index is 13.3. The highest BCUT2D eigenvalue weighted by Gasteiger charge is 2.64. The summed E-state index contributed by atoms with van der Waals surface area (Å²) in [5.74, 6) is -0.734. The van der Waals surface area contributed by atoms with E-state index in [9.17, 15) is 14.4 Å². The van der Waals surface area contributed by atoms with Crippen molar-refractivity contribution in [1.29, 1.82) is 0 Å². The van der Waals surface area contributed by atoms with Crippen LogP contribution in [0, 0.1) is 16.7 Å². The Labute approximate surface area is 171 Å². The van der Waals surface area contributed by atoms with Crippen LogP contribution in [0.4, 0.5) is 5.69 Å². The minimum atomic E-state index is -0.572. The van der Waals surface area contributed by atoms with Gasteiger partial charge in [-0.15, -0.1) is 0 Å². The molecule has 1 heterocycles. The normalized spacial score (nSPS) is 25.2. The lowest BCUT2D eigenvalue weighted by Crippen LogP contribution is -2.59. The number of fused-ring (bicyclic) bond motifs is 2. The molecule has 1 aliphatic carbocycles. The largest absolute Gasteiger partial charge is 0.348 e. The molecule has 5 heteroatoms. The van der Waals surface area contributed by atoms with Crippen LogP contribution in [-0.2, 0) is 16.1 Å². The van der Waals surface area contributed by atoms with Crippen molar-refractivity contribution in [2.45, 2.75) is 40.2 Å². The van der Waals surface area contributed by atoms with E-state index in [1.807, 2.05) is 51.1 Å². The molecule has 2 aromatic rings. The standard InChI is InChI=1S/C24H26N2O3/c1-23(2)19-12-13-24(23,3)22(29)26(21(19)28)18-11-7-10-17(14-18)20(27)25-15-16-8-5-4-6-9-16/h4-11,14,19H,12-13,15H2,1-3H3,(H,25,27)/t19-,24+/m0/s1. The van der Waals surface area contributed by atoms with Crippen molar-refractivity contribution in [3.63, 3.8) is 0 Å². The number of carbonyl (C=O) groups excluding carboxylic acids is 3. The molecule has 150 valence electrons. The number of hydrogen-bond donors (Lipinski definition) is 1. The fraction of sp³-hybridized carbons (Fsp3) is 0.375. The lowest BCUT2D eigenvalue weighted by molar-refractivity contribution is -0.146. The van der Waals surface area contributed by atoms with Gasteiger partial charge in [-0.3, -0.25) is 14.4 Å². The summed E-state index contributed by atoms with van der Waals surface area (Å²) in [6, 6.07) is 16.4. The van der Waals surface area contributed by atoms with Crippen molar-refractivity contribution in [1.82, 2.24) is 5.32 Å². The summed E-state index contributed by atoms with van der Waals surface area (Å²) in [5.41, 5.74) is 0.979. The average molecular weight is 390 g/mol. The van der Waals surface area contributed by atoms with Gasteiger partial charge in [-0.1, -0.05) is 57.2 Å². The molecule has 0 spiro atoms. The molecule has 2 fully saturated rings. The molecule has 2 aromatic carbocycles. The molecule has 2 aliphatic rings. The van der Waals surface area contributed by atoms with E-state index in [1.54, 1.807) is 24.3 Å². The maximum absolute atomic E-state index is 13.3. The monoisotopic (exact) mass is 390 g/mol. The van der Waals surface area contributed by atoms with Gasteiger partial charge in [0.05, 0.1) is 11.1 Å². The first-order valence-corrected chi connectivity index (χ1v) is 10.1. The van der Waals surface area contributed by atoms with Crippen LogP contribution in [0.25, 0.3) is 0 Å². The topological polar surface area (TPSA) is 66.5 Å². The third-order valence-electron chi connectivity index (χ3n) is 7.08.